The number of hydrogen-bond acceptors (Lipinski definition) is 2. The molecule has 3 rings (SSSR count). The Morgan fingerprint density at radius 3 is 2.61 bits per heavy atom. The fraction of sp³-hybridized carbons (Fsp3) is 0.438. The van der Waals surface area contributed by atoms with Crippen LogP contribution in [0.25, 0.3) is 11.0 Å². The van der Waals surface area contributed by atoms with Crippen LogP contribution in [0.5, 0.6) is 0 Å². The summed E-state index contributed by atoms with van der Waals surface area (Å²) in [4.78, 5) is 12.5. The minimum absolute atomic E-state index is 0.179. The van der Waals surface area contributed by atoms with Crippen molar-refractivity contribution >= 4 is 16.8 Å². The van der Waals surface area contributed by atoms with Crippen LogP contribution in [0.3, 0.4) is 0 Å². The Kier molecular flexibility index (Phi) is 2.94. The molecule has 0 unspecified atom stereocenters. The summed E-state index contributed by atoms with van der Waals surface area (Å²) in [5, 5.41) is 1.07. The third-order valence-corrected chi connectivity index (χ3v) is 4.04. The number of hydrogen-bond donors (Lipinski definition) is 0. The lowest BCUT2D eigenvalue weighted by Gasteiger charge is -2.19. The van der Waals surface area contributed by atoms with Gasteiger partial charge < -0.3 is 4.42 Å². The quantitative estimate of drug-likeness (QED) is 0.725. The molecule has 0 radical (unpaired) electrons. The van der Waals surface area contributed by atoms with E-state index in [0.717, 1.165) is 29.4 Å². The van der Waals surface area contributed by atoms with Gasteiger partial charge in [0.15, 0.2) is 5.76 Å². The number of ketones is 1. The molecule has 94 valence electrons. The first-order valence-electron chi connectivity index (χ1n) is 6.79. The van der Waals surface area contributed by atoms with E-state index in [-0.39, 0.29) is 11.7 Å². The van der Waals surface area contributed by atoms with Gasteiger partial charge in [-0.1, -0.05) is 37.5 Å². The SMILES string of the molecule is Cc1c(C(=O)C2CCCCC2)oc2ccccc12. The minimum Gasteiger partial charge on any atom is -0.453 e. The lowest BCUT2D eigenvalue weighted by Crippen LogP contribution is -2.17. The normalized spacial score (nSPS) is 17.2. The van der Waals surface area contributed by atoms with Crippen molar-refractivity contribution in [3.8, 4) is 0 Å². The van der Waals surface area contributed by atoms with Gasteiger partial charge in [0, 0.05) is 16.9 Å². The number of rotatable bonds is 2. The molecule has 1 aromatic heterocycles. The van der Waals surface area contributed by atoms with Gasteiger partial charge in [-0.2, -0.15) is 0 Å². The zero-order valence-electron chi connectivity index (χ0n) is 10.7. The number of furan rings is 1. The number of carbonyl (C=O) groups excluding carboxylic acids is 1. The van der Waals surface area contributed by atoms with Crippen molar-refractivity contribution in [2.24, 2.45) is 5.92 Å². The average molecular weight is 242 g/mol. The van der Waals surface area contributed by atoms with Gasteiger partial charge in [-0.25, -0.2) is 0 Å². The molecule has 2 heteroatoms. The summed E-state index contributed by atoms with van der Waals surface area (Å²) in [5.74, 6) is 0.976. The highest BCUT2D eigenvalue weighted by Gasteiger charge is 2.26. The second kappa shape index (κ2) is 4.60. The van der Waals surface area contributed by atoms with Crippen molar-refractivity contribution in [3.63, 3.8) is 0 Å². The van der Waals surface area contributed by atoms with Gasteiger partial charge in [-0.3, -0.25) is 4.79 Å². The number of Topliss-reactive ketones (excluding diaryl/α,β-unsaturated/α-hetero) is 1. The number of aryl methyl sites for hydroxylation is 1. The summed E-state index contributed by atoms with van der Waals surface area (Å²) in [6, 6.07) is 7.88. The second-order valence-electron chi connectivity index (χ2n) is 5.25. The third-order valence-electron chi connectivity index (χ3n) is 4.04. The van der Waals surface area contributed by atoms with Gasteiger partial charge >= 0.3 is 0 Å². The second-order valence-corrected chi connectivity index (χ2v) is 5.25. The molecule has 1 aromatic carbocycles. The highest BCUT2D eigenvalue weighted by Crippen LogP contribution is 2.31. The van der Waals surface area contributed by atoms with E-state index in [1.807, 2.05) is 31.2 Å². The zero-order chi connectivity index (χ0) is 12.5. The first kappa shape index (κ1) is 11.5. The zero-order valence-corrected chi connectivity index (χ0v) is 10.7. The molecule has 1 fully saturated rings. The molecule has 0 atom stereocenters. The average Bonchev–Trinajstić information content (AvgIpc) is 2.77. The van der Waals surface area contributed by atoms with E-state index in [0.29, 0.717) is 5.76 Å². The maximum atomic E-state index is 12.5. The molecule has 0 N–H and O–H groups in total. The largest absolute Gasteiger partial charge is 0.453 e. The summed E-state index contributed by atoms with van der Waals surface area (Å²) in [6.45, 7) is 1.99. The molecule has 0 bridgehead atoms. The van der Waals surface area contributed by atoms with Gasteiger partial charge in [-0.05, 0) is 25.8 Å². The van der Waals surface area contributed by atoms with Crippen molar-refractivity contribution in [1.82, 2.24) is 0 Å². The summed E-state index contributed by atoms with van der Waals surface area (Å²) < 4.78 is 5.76. The van der Waals surface area contributed by atoms with Gasteiger partial charge in [0.2, 0.25) is 5.78 Å². The van der Waals surface area contributed by atoms with Crippen LogP contribution in [-0.4, -0.2) is 5.78 Å². The van der Waals surface area contributed by atoms with Crippen molar-refractivity contribution in [1.29, 1.82) is 0 Å². The van der Waals surface area contributed by atoms with Gasteiger partial charge in [0.25, 0.3) is 0 Å². The van der Waals surface area contributed by atoms with Crippen molar-refractivity contribution < 1.29 is 9.21 Å². The van der Waals surface area contributed by atoms with Crippen molar-refractivity contribution in [2.45, 2.75) is 39.0 Å². The van der Waals surface area contributed by atoms with Crippen LogP contribution in [0.2, 0.25) is 0 Å². The maximum absolute atomic E-state index is 12.5. The Bertz CT molecular complexity index is 574. The molecular formula is C16H18O2. The molecule has 0 aliphatic heterocycles. The van der Waals surface area contributed by atoms with E-state index in [1.54, 1.807) is 0 Å². The van der Waals surface area contributed by atoms with Crippen LogP contribution >= 0.6 is 0 Å². The monoisotopic (exact) mass is 242 g/mol. The molecule has 1 aliphatic carbocycles. The van der Waals surface area contributed by atoms with Crippen molar-refractivity contribution in [3.05, 3.63) is 35.6 Å². The molecular weight excluding hydrogens is 224 g/mol. The molecule has 18 heavy (non-hydrogen) atoms. The topological polar surface area (TPSA) is 30.2 Å². The summed E-state index contributed by atoms with van der Waals surface area (Å²) in [6.07, 6.45) is 5.67. The molecule has 1 aliphatic rings. The van der Waals surface area contributed by atoms with Crippen LogP contribution in [0.4, 0.5) is 0 Å². The van der Waals surface area contributed by atoms with Gasteiger partial charge in [0.1, 0.15) is 5.58 Å². The maximum Gasteiger partial charge on any atom is 0.201 e. The van der Waals surface area contributed by atoms with Crippen LogP contribution in [0.1, 0.15) is 48.2 Å². The molecule has 1 saturated carbocycles. The minimum atomic E-state index is 0.179. The van der Waals surface area contributed by atoms with Crippen LogP contribution in [-0.2, 0) is 0 Å². The van der Waals surface area contributed by atoms with Crippen molar-refractivity contribution in [2.75, 3.05) is 0 Å². The van der Waals surface area contributed by atoms with E-state index < -0.39 is 0 Å². The molecule has 1 heterocycles. The smallest absolute Gasteiger partial charge is 0.201 e. The van der Waals surface area contributed by atoms with E-state index in [2.05, 4.69) is 0 Å². The van der Waals surface area contributed by atoms with E-state index in [9.17, 15) is 4.79 Å². The van der Waals surface area contributed by atoms with Crippen LogP contribution in [0, 0.1) is 12.8 Å². The third kappa shape index (κ3) is 1.86. The first-order valence-corrected chi connectivity index (χ1v) is 6.79. The van der Waals surface area contributed by atoms with Gasteiger partial charge in [0.05, 0.1) is 0 Å². The Labute approximate surface area is 107 Å². The van der Waals surface area contributed by atoms with E-state index in [1.165, 1.54) is 19.3 Å². The molecule has 0 amide bonds. The number of fused-ring (bicyclic) bond motifs is 1. The van der Waals surface area contributed by atoms with E-state index >= 15 is 0 Å². The predicted octanol–water partition coefficient (Wildman–Crippen LogP) is 4.50. The van der Waals surface area contributed by atoms with Gasteiger partial charge in [-0.15, -0.1) is 0 Å². The summed E-state index contributed by atoms with van der Waals surface area (Å²) in [7, 11) is 0. The van der Waals surface area contributed by atoms with Crippen LogP contribution < -0.4 is 0 Å². The number of carbonyl (C=O) groups is 1. The first-order chi connectivity index (χ1) is 8.77. The molecule has 2 aromatic rings. The Balaban J connectivity index is 1.98. The highest BCUT2D eigenvalue weighted by molar-refractivity contribution is 6.01. The summed E-state index contributed by atoms with van der Waals surface area (Å²) >= 11 is 0. The lowest BCUT2D eigenvalue weighted by molar-refractivity contribution is 0.0862. The number of para-hydroxylation sites is 1. The molecule has 2 nitrogen and oxygen atoms in total. The van der Waals surface area contributed by atoms with Crippen LogP contribution in [0.15, 0.2) is 28.7 Å². The summed E-state index contributed by atoms with van der Waals surface area (Å²) in [5.41, 5.74) is 1.83. The number of benzene rings is 1. The Morgan fingerprint density at radius 2 is 1.89 bits per heavy atom. The lowest BCUT2D eigenvalue weighted by atomic mass is 9.85. The highest BCUT2D eigenvalue weighted by atomic mass is 16.3. The van der Waals surface area contributed by atoms with E-state index in [4.69, 9.17) is 4.42 Å². The molecule has 0 saturated heterocycles. The standard InChI is InChI=1S/C16H18O2/c1-11-13-9-5-6-10-14(13)18-16(11)15(17)12-7-3-2-4-8-12/h5-6,9-10,12H,2-4,7-8H2,1H3. The predicted molar refractivity (Wildman–Crippen MR) is 71.9 cm³/mol. The fourth-order valence-electron chi connectivity index (χ4n) is 2.96. The molecule has 0 spiro atoms. The fourth-order valence-corrected chi connectivity index (χ4v) is 2.96. The Hall–Kier alpha value is -1.57. The Morgan fingerprint density at radius 1 is 1.17 bits per heavy atom.